The molecule has 0 amide bonds. The van der Waals surface area contributed by atoms with E-state index in [1.54, 1.807) is 12.3 Å². The first-order chi connectivity index (χ1) is 14.1. The van der Waals surface area contributed by atoms with Gasteiger partial charge < -0.3 is 9.32 Å². The lowest BCUT2D eigenvalue weighted by molar-refractivity contribution is 0.194. The van der Waals surface area contributed by atoms with Crippen molar-refractivity contribution in [3.63, 3.8) is 0 Å². The number of para-hydroxylation sites is 1. The summed E-state index contributed by atoms with van der Waals surface area (Å²) in [7, 11) is 0. The van der Waals surface area contributed by atoms with E-state index in [1.807, 2.05) is 40.4 Å². The predicted molar refractivity (Wildman–Crippen MR) is 114 cm³/mol. The Labute approximate surface area is 174 Å². The van der Waals surface area contributed by atoms with E-state index in [4.69, 9.17) is 21.7 Å². The molecule has 29 heavy (non-hydrogen) atoms. The van der Waals surface area contributed by atoms with E-state index in [1.165, 1.54) is 6.07 Å². The Bertz CT molecular complexity index is 1060. The molecule has 3 heterocycles. The summed E-state index contributed by atoms with van der Waals surface area (Å²) in [6.45, 7) is 10.1. The van der Waals surface area contributed by atoms with E-state index in [-0.39, 0.29) is 5.82 Å². The zero-order valence-corrected chi connectivity index (χ0v) is 17.2. The van der Waals surface area contributed by atoms with Gasteiger partial charge in [0.15, 0.2) is 10.6 Å². The molecule has 0 radical (unpaired) electrons. The molecule has 152 valence electrons. The van der Waals surface area contributed by atoms with E-state index in [0.717, 1.165) is 43.3 Å². The number of rotatable bonds is 6. The van der Waals surface area contributed by atoms with Gasteiger partial charge in [-0.15, -0.1) is 6.58 Å². The molecule has 6 nitrogen and oxygen atoms in total. The second-order valence-corrected chi connectivity index (χ2v) is 7.46. The van der Waals surface area contributed by atoms with Crippen molar-refractivity contribution in [1.29, 1.82) is 0 Å². The van der Waals surface area contributed by atoms with E-state index in [0.29, 0.717) is 23.7 Å². The van der Waals surface area contributed by atoms with Crippen molar-refractivity contribution in [2.24, 2.45) is 0 Å². The van der Waals surface area contributed by atoms with Crippen LogP contribution in [0.3, 0.4) is 0 Å². The fourth-order valence-corrected chi connectivity index (χ4v) is 3.93. The summed E-state index contributed by atoms with van der Waals surface area (Å²) in [6.07, 6.45) is 3.47. The van der Waals surface area contributed by atoms with Crippen LogP contribution in [0.5, 0.6) is 0 Å². The first-order valence-corrected chi connectivity index (χ1v) is 10.0. The lowest BCUT2D eigenvalue weighted by Gasteiger charge is -2.35. The van der Waals surface area contributed by atoms with Gasteiger partial charge >= 0.3 is 0 Å². The quantitative estimate of drug-likeness (QED) is 0.450. The first kappa shape index (κ1) is 19.6. The molecule has 1 aromatic carbocycles. The molecule has 2 aromatic heterocycles. The zero-order chi connectivity index (χ0) is 20.4. The monoisotopic (exact) mass is 413 g/mol. The summed E-state index contributed by atoms with van der Waals surface area (Å²) in [4.78, 5) is 4.37. The predicted octanol–water partition coefficient (Wildman–Crippen LogP) is 4.09. The minimum Gasteiger partial charge on any atom is -0.469 e. The summed E-state index contributed by atoms with van der Waals surface area (Å²) < 4.78 is 24.0. The van der Waals surface area contributed by atoms with Crippen molar-refractivity contribution in [2.45, 2.75) is 20.1 Å². The number of furan rings is 1. The average molecular weight is 414 g/mol. The topological polar surface area (TPSA) is 42.4 Å². The Kier molecular flexibility index (Phi) is 5.64. The van der Waals surface area contributed by atoms with Crippen LogP contribution in [-0.2, 0) is 13.2 Å². The van der Waals surface area contributed by atoms with Gasteiger partial charge in [-0.1, -0.05) is 18.2 Å². The summed E-state index contributed by atoms with van der Waals surface area (Å²) in [5.41, 5.74) is 1.60. The molecule has 0 atom stereocenters. The molecule has 3 aromatic rings. The fraction of sp³-hybridized carbons (Fsp3) is 0.333. The van der Waals surface area contributed by atoms with Crippen LogP contribution in [0.15, 0.2) is 53.7 Å². The number of allylic oxidation sites excluding steroid dienone is 1. The van der Waals surface area contributed by atoms with Crippen molar-refractivity contribution in [3.05, 3.63) is 65.6 Å². The third kappa shape index (κ3) is 3.90. The maximum absolute atomic E-state index is 14.1. The smallest absolute Gasteiger partial charge is 0.199 e. The summed E-state index contributed by atoms with van der Waals surface area (Å²) in [6, 6.07) is 8.83. The van der Waals surface area contributed by atoms with Crippen LogP contribution in [0.25, 0.3) is 11.4 Å². The van der Waals surface area contributed by atoms with Crippen LogP contribution in [-0.4, -0.2) is 45.4 Å². The third-order valence-corrected chi connectivity index (χ3v) is 5.66. The lowest BCUT2D eigenvalue weighted by atomic mass is 10.2. The second kappa shape index (κ2) is 8.34. The van der Waals surface area contributed by atoms with Gasteiger partial charge in [0, 0.05) is 32.7 Å². The van der Waals surface area contributed by atoms with E-state index in [2.05, 4.69) is 16.4 Å². The number of hydrogen-bond donors (Lipinski definition) is 0. The van der Waals surface area contributed by atoms with Gasteiger partial charge in [-0.25, -0.2) is 9.07 Å². The van der Waals surface area contributed by atoms with Crippen molar-refractivity contribution >= 4 is 17.9 Å². The Morgan fingerprint density at radius 1 is 1.21 bits per heavy atom. The standard InChI is InChI=1S/C21H24FN5OS/c1-3-9-26-20(17-8-14-28-16(17)2)23-27(21(26)29)15-24-10-12-25(13-11-24)19-7-5-4-6-18(19)22/h3-8,14H,1,9-13,15H2,2H3. The molecule has 8 heteroatoms. The third-order valence-electron chi connectivity index (χ3n) is 5.23. The highest BCUT2D eigenvalue weighted by atomic mass is 32.1. The van der Waals surface area contributed by atoms with E-state index in [9.17, 15) is 4.39 Å². The minimum absolute atomic E-state index is 0.175. The first-order valence-electron chi connectivity index (χ1n) is 9.63. The lowest BCUT2D eigenvalue weighted by Crippen LogP contribution is -2.47. The molecular formula is C21H24FN5OS. The van der Waals surface area contributed by atoms with Crippen LogP contribution in [0.2, 0.25) is 0 Å². The highest BCUT2D eigenvalue weighted by molar-refractivity contribution is 7.71. The number of anilines is 1. The number of piperazine rings is 1. The summed E-state index contributed by atoms with van der Waals surface area (Å²) in [5.74, 6) is 1.42. The Morgan fingerprint density at radius 3 is 2.62 bits per heavy atom. The number of halogens is 1. The molecule has 0 saturated carbocycles. The molecule has 1 fully saturated rings. The van der Waals surface area contributed by atoms with Gasteiger partial charge in [-0.2, -0.15) is 5.10 Å². The Hall–Kier alpha value is -2.71. The molecule has 1 saturated heterocycles. The molecule has 1 aliphatic rings. The fourth-order valence-electron chi connectivity index (χ4n) is 3.67. The van der Waals surface area contributed by atoms with Gasteiger partial charge in [0.25, 0.3) is 0 Å². The largest absolute Gasteiger partial charge is 0.469 e. The van der Waals surface area contributed by atoms with Gasteiger partial charge in [0.05, 0.1) is 24.2 Å². The minimum atomic E-state index is -0.175. The van der Waals surface area contributed by atoms with Crippen molar-refractivity contribution < 1.29 is 8.81 Å². The van der Waals surface area contributed by atoms with Gasteiger partial charge in [-0.3, -0.25) is 9.47 Å². The SMILES string of the molecule is C=CCn1c(-c2ccoc2C)nn(CN2CCN(c3ccccc3F)CC2)c1=S. The Balaban J connectivity index is 1.51. The van der Waals surface area contributed by atoms with Crippen LogP contribution in [0.1, 0.15) is 5.76 Å². The van der Waals surface area contributed by atoms with Crippen molar-refractivity contribution in [3.8, 4) is 11.4 Å². The number of aryl methyl sites for hydroxylation is 1. The molecule has 0 N–H and O–H groups in total. The van der Waals surface area contributed by atoms with Gasteiger partial charge in [0.1, 0.15) is 11.6 Å². The highest BCUT2D eigenvalue weighted by Crippen LogP contribution is 2.24. The highest BCUT2D eigenvalue weighted by Gasteiger charge is 2.21. The molecule has 4 rings (SSSR count). The second-order valence-electron chi connectivity index (χ2n) is 7.09. The van der Waals surface area contributed by atoms with Gasteiger partial charge in [-0.05, 0) is 37.3 Å². The molecule has 0 bridgehead atoms. The van der Waals surface area contributed by atoms with Gasteiger partial charge in [0.2, 0.25) is 0 Å². The number of benzene rings is 1. The maximum Gasteiger partial charge on any atom is 0.199 e. The molecule has 0 aliphatic carbocycles. The molecule has 0 unspecified atom stereocenters. The number of nitrogens with zero attached hydrogens (tertiary/aromatic N) is 5. The number of hydrogen-bond acceptors (Lipinski definition) is 5. The molecule has 1 aliphatic heterocycles. The normalized spacial score (nSPS) is 15.0. The molecular weight excluding hydrogens is 389 g/mol. The van der Waals surface area contributed by atoms with Crippen LogP contribution in [0, 0.1) is 17.5 Å². The Morgan fingerprint density at radius 2 is 1.97 bits per heavy atom. The zero-order valence-electron chi connectivity index (χ0n) is 16.4. The van der Waals surface area contributed by atoms with Crippen LogP contribution < -0.4 is 4.90 Å². The van der Waals surface area contributed by atoms with Crippen molar-refractivity contribution in [2.75, 3.05) is 31.1 Å². The van der Waals surface area contributed by atoms with E-state index < -0.39 is 0 Å². The molecule has 0 spiro atoms. The van der Waals surface area contributed by atoms with Crippen molar-refractivity contribution in [1.82, 2.24) is 19.2 Å². The maximum atomic E-state index is 14.1. The summed E-state index contributed by atoms with van der Waals surface area (Å²) >= 11 is 5.68. The summed E-state index contributed by atoms with van der Waals surface area (Å²) in [5, 5.41) is 4.77. The van der Waals surface area contributed by atoms with Crippen LogP contribution >= 0.6 is 12.2 Å². The van der Waals surface area contributed by atoms with E-state index >= 15 is 0 Å². The average Bonchev–Trinajstić information content (AvgIpc) is 3.27. The van der Waals surface area contributed by atoms with Crippen LogP contribution in [0.4, 0.5) is 10.1 Å². The number of aromatic nitrogens is 3.